The fourth-order valence-corrected chi connectivity index (χ4v) is 1.39. The van der Waals surface area contributed by atoms with E-state index in [4.69, 9.17) is 0 Å². The van der Waals surface area contributed by atoms with Crippen LogP contribution in [-0.2, 0) is 0 Å². The van der Waals surface area contributed by atoms with Crippen molar-refractivity contribution in [3.63, 3.8) is 0 Å². The fraction of sp³-hybridized carbons (Fsp3) is 1.00. The number of hydrogen-bond acceptors (Lipinski definition) is 2. The molecule has 0 aromatic heterocycles. The van der Waals surface area contributed by atoms with Gasteiger partial charge < -0.3 is 10.2 Å². The van der Waals surface area contributed by atoms with Crippen LogP contribution in [0.25, 0.3) is 0 Å². The van der Waals surface area contributed by atoms with Gasteiger partial charge in [-0.05, 0) is 40.8 Å². The van der Waals surface area contributed by atoms with Gasteiger partial charge in [0.05, 0.1) is 0 Å². The molecule has 0 radical (unpaired) electrons. The van der Waals surface area contributed by atoms with Crippen molar-refractivity contribution >= 4 is 0 Å². The van der Waals surface area contributed by atoms with Crippen molar-refractivity contribution in [1.29, 1.82) is 0 Å². The molecule has 0 bridgehead atoms. The molecule has 1 N–H and O–H groups in total. The molecule has 0 saturated carbocycles. The first kappa shape index (κ1) is 12.9. The van der Waals surface area contributed by atoms with Crippen LogP contribution in [0.15, 0.2) is 0 Å². The molecule has 0 saturated heterocycles. The lowest BCUT2D eigenvalue weighted by Gasteiger charge is -2.30. The lowest BCUT2D eigenvalue weighted by atomic mass is 10.1. The van der Waals surface area contributed by atoms with Crippen molar-refractivity contribution in [3.8, 4) is 0 Å². The molecule has 0 fully saturated rings. The van der Waals surface area contributed by atoms with E-state index in [0.717, 1.165) is 13.1 Å². The molecule has 0 aromatic rings. The first-order valence-corrected chi connectivity index (χ1v) is 5.35. The zero-order chi connectivity index (χ0) is 10.5. The van der Waals surface area contributed by atoms with Gasteiger partial charge >= 0.3 is 0 Å². The van der Waals surface area contributed by atoms with E-state index in [9.17, 15) is 0 Å². The monoisotopic (exact) mass is 188 g/mol. The van der Waals surface area contributed by atoms with Crippen LogP contribution in [-0.4, -0.2) is 36.6 Å². The molecule has 0 spiro atoms. The Hall–Kier alpha value is -0.0800. The highest BCUT2D eigenvalue weighted by atomic mass is 15.1. The van der Waals surface area contributed by atoms with Crippen LogP contribution >= 0.6 is 0 Å². The SMILES string of the molecule is CC[C@H](CN(C)CC)NC(C)(C)C.[HH]. The van der Waals surface area contributed by atoms with Gasteiger partial charge in [-0.3, -0.25) is 0 Å². The second-order valence-electron chi connectivity index (χ2n) is 4.85. The van der Waals surface area contributed by atoms with Gasteiger partial charge in [0, 0.05) is 19.6 Å². The second kappa shape index (κ2) is 5.61. The summed E-state index contributed by atoms with van der Waals surface area (Å²) in [5.74, 6) is 0. The topological polar surface area (TPSA) is 15.3 Å². The molecule has 0 amide bonds. The van der Waals surface area contributed by atoms with Crippen LogP contribution in [0.2, 0.25) is 0 Å². The van der Waals surface area contributed by atoms with Crippen molar-refractivity contribution in [2.75, 3.05) is 20.1 Å². The molecular formula is C11H28N2. The molecule has 1 atom stereocenters. The average molecular weight is 188 g/mol. The predicted molar refractivity (Wildman–Crippen MR) is 62.3 cm³/mol. The van der Waals surface area contributed by atoms with E-state index in [0.29, 0.717) is 6.04 Å². The minimum Gasteiger partial charge on any atom is -0.308 e. The summed E-state index contributed by atoms with van der Waals surface area (Å²) in [6.45, 7) is 13.4. The number of nitrogens with zero attached hydrogens (tertiary/aromatic N) is 1. The van der Waals surface area contributed by atoms with Crippen LogP contribution < -0.4 is 5.32 Å². The third-order valence-electron chi connectivity index (χ3n) is 2.20. The molecule has 82 valence electrons. The lowest BCUT2D eigenvalue weighted by molar-refractivity contribution is 0.259. The Balaban J connectivity index is 0. The Morgan fingerprint density at radius 3 is 2.15 bits per heavy atom. The van der Waals surface area contributed by atoms with Gasteiger partial charge in [-0.15, -0.1) is 0 Å². The van der Waals surface area contributed by atoms with Crippen LogP contribution in [0.5, 0.6) is 0 Å². The standard InChI is InChI=1S/C11H26N2.H2/c1-7-10(9-13(6)8-2)12-11(3,4)5;/h10,12H,7-9H2,1-6H3;1H/t10-;/m1./s1. The Kier molecular flexibility index (Phi) is 5.57. The van der Waals surface area contributed by atoms with E-state index in [1.807, 2.05) is 0 Å². The maximum atomic E-state index is 3.63. The predicted octanol–water partition coefficient (Wildman–Crippen LogP) is 2.35. The quantitative estimate of drug-likeness (QED) is 0.712. The zero-order valence-electron chi connectivity index (χ0n) is 10.1. The molecule has 2 heteroatoms. The summed E-state index contributed by atoms with van der Waals surface area (Å²) in [4.78, 5) is 2.35. The maximum Gasteiger partial charge on any atom is 0.0197 e. The van der Waals surface area contributed by atoms with Gasteiger partial charge in [0.25, 0.3) is 0 Å². The van der Waals surface area contributed by atoms with Gasteiger partial charge in [0.1, 0.15) is 0 Å². The molecule has 0 aliphatic rings. The summed E-state index contributed by atoms with van der Waals surface area (Å²) in [5.41, 5.74) is 0.231. The molecule has 0 aromatic carbocycles. The molecule has 13 heavy (non-hydrogen) atoms. The number of likely N-dealkylation sites (N-methyl/N-ethyl adjacent to an activating group) is 1. The highest BCUT2D eigenvalue weighted by Crippen LogP contribution is 2.04. The molecule has 2 nitrogen and oxygen atoms in total. The van der Waals surface area contributed by atoms with Gasteiger partial charge in [-0.1, -0.05) is 13.8 Å². The summed E-state index contributed by atoms with van der Waals surface area (Å²) in [7, 11) is 2.17. The Labute approximate surface area is 85.2 Å². The summed E-state index contributed by atoms with van der Waals surface area (Å²) in [5, 5.41) is 3.63. The highest BCUT2D eigenvalue weighted by Gasteiger charge is 2.16. The minimum absolute atomic E-state index is 0. The average Bonchev–Trinajstić information content (AvgIpc) is 2.00. The van der Waals surface area contributed by atoms with Crippen LogP contribution in [0.3, 0.4) is 0 Å². The highest BCUT2D eigenvalue weighted by molar-refractivity contribution is 4.78. The van der Waals surface area contributed by atoms with Gasteiger partial charge in [-0.2, -0.15) is 0 Å². The summed E-state index contributed by atoms with van der Waals surface area (Å²) < 4.78 is 0. The van der Waals surface area contributed by atoms with E-state index >= 15 is 0 Å². The third kappa shape index (κ3) is 7.03. The first-order valence-electron chi connectivity index (χ1n) is 5.35. The first-order chi connectivity index (χ1) is 5.89. The van der Waals surface area contributed by atoms with E-state index < -0.39 is 0 Å². The summed E-state index contributed by atoms with van der Waals surface area (Å²) >= 11 is 0. The Bertz CT molecular complexity index is 132. The van der Waals surface area contributed by atoms with Crippen LogP contribution in [0, 0.1) is 0 Å². The van der Waals surface area contributed by atoms with Crippen molar-refractivity contribution in [1.82, 2.24) is 10.2 Å². The van der Waals surface area contributed by atoms with Crippen molar-refractivity contribution in [2.24, 2.45) is 0 Å². The van der Waals surface area contributed by atoms with E-state index in [1.165, 1.54) is 6.42 Å². The molecule has 0 aliphatic heterocycles. The smallest absolute Gasteiger partial charge is 0.0197 e. The normalized spacial score (nSPS) is 15.0. The molecular weight excluding hydrogens is 160 g/mol. The zero-order valence-corrected chi connectivity index (χ0v) is 10.1. The van der Waals surface area contributed by atoms with Gasteiger partial charge in [0.2, 0.25) is 0 Å². The van der Waals surface area contributed by atoms with E-state index in [2.05, 4.69) is 51.9 Å². The van der Waals surface area contributed by atoms with E-state index in [1.54, 1.807) is 0 Å². The molecule has 0 aliphatic carbocycles. The second-order valence-corrected chi connectivity index (χ2v) is 4.85. The Morgan fingerprint density at radius 2 is 1.85 bits per heavy atom. The van der Waals surface area contributed by atoms with Gasteiger partial charge in [-0.25, -0.2) is 0 Å². The molecule has 0 rings (SSSR count). The molecule has 0 heterocycles. The number of hydrogen-bond donors (Lipinski definition) is 1. The maximum absolute atomic E-state index is 3.63. The van der Waals surface area contributed by atoms with Crippen molar-refractivity contribution in [2.45, 2.75) is 52.6 Å². The molecule has 0 unspecified atom stereocenters. The minimum atomic E-state index is 0. The van der Waals surface area contributed by atoms with Crippen molar-refractivity contribution in [3.05, 3.63) is 0 Å². The van der Waals surface area contributed by atoms with Crippen molar-refractivity contribution < 1.29 is 1.43 Å². The Morgan fingerprint density at radius 1 is 1.31 bits per heavy atom. The van der Waals surface area contributed by atoms with E-state index in [-0.39, 0.29) is 6.97 Å². The number of rotatable bonds is 5. The summed E-state index contributed by atoms with van der Waals surface area (Å²) in [6, 6.07) is 0.616. The lowest BCUT2D eigenvalue weighted by Crippen LogP contribution is -2.48. The largest absolute Gasteiger partial charge is 0.308 e. The summed E-state index contributed by atoms with van der Waals surface area (Å²) in [6.07, 6.45) is 1.20. The van der Waals surface area contributed by atoms with Crippen LogP contribution in [0.4, 0.5) is 0 Å². The number of nitrogens with one attached hydrogen (secondary N) is 1. The third-order valence-corrected chi connectivity index (χ3v) is 2.20. The van der Waals surface area contributed by atoms with Gasteiger partial charge in [0.15, 0.2) is 0 Å². The van der Waals surface area contributed by atoms with Crippen LogP contribution in [0.1, 0.15) is 42.5 Å². The fourth-order valence-electron chi connectivity index (χ4n) is 1.39.